The third-order valence-corrected chi connectivity index (χ3v) is 5.82. The van der Waals surface area contributed by atoms with Crippen molar-refractivity contribution < 1.29 is 14.3 Å². The largest absolute Gasteiger partial charge is 0.486 e. The first-order valence-electron chi connectivity index (χ1n) is 9.81. The molecule has 0 unspecified atom stereocenters. The van der Waals surface area contributed by atoms with Gasteiger partial charge in [-0.1, -0.05) is 30.3 Å². The molecule has 2 aromatic heterocycles. The van der Waals surface area contributed by atoms with E-state index in [1.165, 1.54) is 0 Å². The quantitative estimate of drug-likeness (QED) is 0.460. The zero-order chi connectivity index (χ0) is 21.5. The molecule has 8 heteroatoms. The monoisotopic (exact) mass is 478 g/mol. The van der Waals surface area contributed by atoms with Crippen molar-refractivity contribution in [3.05, 3.63) is 64.3 Å². The van der Waals surface area contributed by atoms with Crippen LogP contribution in [0.3, 0.4) is 0 Å². The van der Waals surface area contributed by atoms with Gasteiger partial charge in [0.15, 0.2) is 17.1 Å². The van der Waals surface area contributed by atoms with Crippen molar-refractivity contribution in [3.63, 3.8) is 0 Å². The van der Waals surface area contributed by atoms with E-state index < -0.39 is 0 Å². The van der Waals surface area contributed by atoms with Gasteiger partial charge < -0.3 is 14.8 Å². The number of hydrogen-bond donors (Lipinski definition) is 1. The van der Waals surface area contributed by atoms with Crippen LogP contribution in [-0.4, -0.2) is 33.9 Å². The Balaban J connectivity index is 1.60. The number of carbonyl (C=O) groups is 1. The third kappa shape index (κ3) is 3.53. The molecule has 5 rings (SSSR count). The van der Waals surface area contributed by atoms with E-state index in [9.17, 15) is 4.79 Å². The number of anilines is 1. The number of carbonyl (C=O) groups excluding carboxylic acids is 1. The Bertz CT molecular complexity index is 1320. The second-order valence-electron chi connectivity index (χ2n) is 7.26. The van der Waals surface area contributed by atoms with Crippen LogP contribution in [0.5, 0.6) is 11.5 Å². The molecular formula is C23H19BrN4O3. The first kappa shape index (κ1) is 19.6. The van der Waals surface area contributed by atoms with Crippen LogP contribution < -0.4 is 14.8 Å². The summed E-state index contributed by atoms with van der Waals surface area (Å²) in [6.45, 7) is 2.86. The summed E-state index contributed by atoms with van der Waals surface area (Å²) in [4.78, 5) is 18.2. The second-order valence-corrected chi connectivity index (χ2v) is 8.11. The van der Waals surface area contributed by atoms with Crippen LogP contribution in [0, 0.1) is 6.92 Å². The van der Waals surface area contributed by atoms with Crippen molar-refractivity contribution >= 4 is 38.6 Å². The number of aromatic nitrogens is 3. The van der Waals surface area contributed by atoms with E-state index in [1.54, 1.807) is 16.8 Å². The predicted octanol–water partition coefficient (Wildman–Crippen LogP) is 4.73. The number of nitrogens with one attached hydrogen (secondary N) is 1. The van der Waals surface area contributed by atoms with Gasteiger partial charge in [0.25, 0.3) is 5.91 Å². The van der Waals surface area contributed by atoms with Crippen LogP contribution in [0.25, 0.3) is 22.3 Å². The maximum atomic E-state index is 13.4. The van der Waals surface area contributed by atoms with E-state index in [2.05, 4.69) is 26.3 Å². The van der Waals surface area contributed by atoms with E-state index >= 15 is 0 Å². The first-order chi connectivity index (χ1) is 15.0. The average molecular weight is 479 g/mol. The zero-order valence-corrected chi connectivity index (χ0v) is 18.6. The summed E-state index contributed by atoms with van der Waals surface area (Å²) < 4.78 is 13.7. The second kappa shape index (κ2) is 7.70. The number of amides is 1. The van der Waals surface area contributed by atoms with Crippen LogP contribution >= 0.6 is 15.9 Å². The summed E-state index contributed by atoms with van der Waals surface area (Å²) in [6.07, 6.45) is 0. The standard InChI is InChI=1S/C23H19BrN4O3/c1-13-21-15(10-17(14-6-4-3-5-7-14)25-22(21)28(2)27-13)23(29)26-18-12-20-19(11-16(18)24)30-8-9-31-20/h3-7,10-12H,8-9H2,1-2H3,(H,26,29). The van der Waals surface area contributed by atoms with Crippen molar-refractivity contribution in [3.8, 4) is 22.8 Å². The van der Waals surface area contributed by atoms with E-state index in [4.69, 9.17) is 14.5 Å². The van der Waals surface area contributed by atoms with Gasteiger partial charge in [-0.2, -0.15) is 5.10 Å². The molecule has 0 bridgehead atoms. The van der Waals surface area contributed by atoms with Gasteiger partial charge in [-0.15, -0.1) is 0 Å². The highest BCUT2D eigenvalue weighted by molar-refractivity contribution is 9.10. The van der Waals surface area contributed by atoms with Gasteiger partial charge in [0, 0.05) is 29.2 Å². The number of pyridine rings is 1. The summed E-state index contributed by atoms with van der Waals surface area (Å²) in [5.41, 5.74) is 4.15. The van der Waals surface area contributed by atoms with Crippen molar-refractivity contribution in [1.29, 1.82) is 0 Å². The molecule has 0 saturated heterocycles. The fraction of sp³-hybridized carbons (Fsp3) is 0.174. The molecule has 4 aromatic rings. The molecule has 2 aromatic carbocycles. The van der Waals surface area contributed by atoms with Crippen molar-refractivity contribution in [2.75, 3.05) is 18.5 Å². The van der Waals surface area contributed by atoms with Gasteiger partial charge in [0.2, 0.25) is 0 Å². The molecule has 0 saturated carbocycles. The SMILES string of the molecule is Cc1nn(C)c2nc(-c3ccccc3)cc(C(=O)Nc3cc4c(cc3Br)OCCO4)c12. The molecule has 156 valence electrons. The number of fused-ring (bicyclic) bond motifs is 2. The minimum Gasteiger partial charge on any atom is -0.486 e. The predicted molar refractivity (Wildman–Crippen MR) is 122 cm³/mol. The number of rotatable bonds is 3. The maximum absolute atomic E-state index is 13.4. The minimum atomic E-state index is -0.252. The number of aryl methyl sites for hydroxylation is 2. The lowest BCUT2D eigenvalue weighted by Crippen LogP contribution is -2.17. The molecule has 1 aliphatic rings. The highest BCUT2D eigenvalue weighted by atomic mass is 79.9. The van der Waals surface area contributed by atoms with Crippen molar-refractivity contribution in [2.24, 2.45) is 7.05 Å². The van der Waals surface area contributed by atoms with Crippen LogP contribution in [0.2, 0.25) is 0 Å². The normalized spacial score (nSPS) is 12.7. The lowest BCUT2D eigenvalue weighted by molar-refractivity contribution is 0.102. The number of nitrogens with zero attached hydrogens (tertiary/aromatic N) is 3. The molecule has 7 nitrogen and oxygen atoms in total. The number of hydrogen-bond acceptors (Lipinski definition) is 5. The summed E-state index contributed by atoms with van der Waals surface area (Å²) in [6, 6.07) is 15.2. The van der Waals surface area contributed by atoms with Gasteiger partial charge in [0.05, 0.1) is 28.0 Å². The highest BCUT2D eigenvalue weighted by Gasteiger charge is 2.21. The third-order valence-electron chi connectivity index (χ3n) is 5.16. The van der Waals surface area contributed by atoms with Crippen LogP contribution in [0.15, 0.2) is 53.0 Å². The lowest BCUT2D eigenvalue weighted by atomic mass is 10.0. The van der Waals surface area contributed by atoms with Crippen LogP contribution in [-0.2, 0) is 7.05 Å². The molecule has 0 aliphatic carbocycles. The molecular weight excluding hydrogens is 460 g/mol. The topological polar surface area (TPSA) is 78.3 Å². The Hall–Kier alpha value is -3.39. The Morgan fingerprint density at radius 2 is 1.81 bits per heavy atom. The highest BCUT2D eigenvalue weighted by Crippen LogP contribution is 2.38. The summed E-state index contributed by atoms with van der Waals surface area (Å²) in [5.74, 6) is 1.00. The average Bonchev–Trinajstić information content (AvgIpc) is 3.07. The molecule has 0 spiro atoms. The summed E-state index contributed by atoms with van der Waals surface area (Å²) >= 11 is 3.52. The fourth-order valence-corrected chi connectivity index (χ4v) is 4.15. The van der Waals surface area contributed by atoms with Gasteiger partial charge >= 0.3 is 0 Å². The van der Waals surface area contributed by atoms with E-state index in [0.29, 0.717) is 51.8 Å². The molecule has 0 atom stereocenters. The zero-order valence-electron chi connectivity index (χ0n) is 17.0. The molecule has 1 amide bonds. The Morgan fingerprint density at radius 1 is 1.10 bits per heavy atom. The maximum Gasteiger partial charge on any atom is 0.256 e. The van der Waals surface area contributed by atoms with Crippen LogP contribution in [0.4, 0.5) is 5.69 Å². The molecule has 3 heterocycles. The molecule has 0 fully saturated rings. The fourth-order valence-electron chi connectivity index (χ4n) is 3.73. The van der Waals surface area contributed by atoms with Gasteiger partial charge in [-0.25, -0.2) is 4.98 Å². The number of benzene rings is 2. The molecule has 0 radical (unpaired) electrons. The van der Waals surface area contributed by atoms with Gasteiger partial charge in [-0.3, -0.25) is 9.48 Å². The van der Waals surface area contributed by atoms with Gasteiger partial charge in [0.1, 0.15) is 13.2 Å². The Labute approximate surface area is 187 Å². The molecule has 1 N–H and O–H groups in total. The number of halogens is 1. The summed E-state index contributed by atoms with van der Waals surface area (Å²) in [7, 11) is 1.83. The lowest BCUT2D eigenvalue weighted by Gasteiger charge is -2.20. The van der Waals surface area contributed by atoms with Crippen LogP contribution in [0.1, 0.15) is 16.1 Å². The number of ether oxygens (including phenoxy) is 2. The molecule has 1 aliphatic heterocycles. The Morgan fingerprint density at radius 3 is 2.55 bits per heavy atom. The van der Waals surface area contributed by atoms with Crippen molar-refractivity contribution in [1.82, 2.24) is 14.8 Å². The molecule has 31 heavy (non-hydrogen) atoms. The Kier molecular flexibility index (Phi) is 4.86. The minimum absolute atomic E-state index is 0.252. The van der Waals surface area contributed by atoms with Crippen molar-refractivity contribution in [2.45, 2.75) is 6.92 Å². The smallest absolute Gasteiger partial charge is 0.256 e. The first-order valence-corrected chi connectivity index (χ1v) is 10.6. The van der Waals surface area contributed by atoms with E-state index in [0.717, 1.165) is 16.6 Å². The van der Waals surface area contributed by atoms with E-state index in [1.807, 2.05) is 50.4 Å². The van der Waals surface area contributed by atoms with Gasteiger partial charge in [-0.05, 0) is 28.9 Å². The summed E-state index contributed by atoms with van der Waals surface area (Å²) in [5, 5.41) is 8.21. The van der Waals surface area contributed by atoms with E-state index in [-0.39, 0.29) is 5.91 Å².